The van der Waals surface area contributed by atoms with Crippen molar-refractivity contribution in [3.8, 4) is 0 Å². The Bertz CT molecular complexity index is 648. The van der Waals surface area contributed by atoms with Crippen LogP contribution in [-0.4, -0.2) is 16.5 Å². The fourth-order valence-electron chi connectivity index (χ4n) is 1.55. The molecule has 0 unspecified atom stereocenters. The van der Waals surface area contributed by atoms with Crippen molar-refractivity contribution in [2.24, 2.45) is 0 Å². The van der Waals surface area contributed by atoms with Gasteiger partial charge in [-0.2, -0.15) is 4.98 Å². The zero-order chi connectivity index (χ0) is 15.4. The van der Waals surface area contributed by atoms with Crippen LogP contribution in [0.3, 0.4) is 0 Å². The Kier molecular flexibility index (Phi) is 4.56. The Morgan fingerprint density at radius 1 is 1.10 bits per heavy atom. The standard InChI is InChI=1S/C13H12F4N4/c1-2-3-18-13-19-6-9(16)12(21-13)20-10-5-7(14)4-8(15)11(10)17/h4-6H,2-3H2,1H3,(H2,18,19,20,21). The molecule has 0 aliphatic rings. The topological polar surface area (TPSA) is 49.8 Å². The molecule has 1 aromatic carbocycles. The SMILES string of the molecule is CCCNc1ncc(F)c(Nc2cc(F)cc(F)c2F)n1. The van der Waals surface area contributed by atoms with Crippen LogP contribution in [0, 0.1) is 23.3 Å². The lowest BCUT2D eigenvalue weighted by Gasteiger charge is -2.10. The second kappa shape index (κ2) is 6.38. The average molecular weight is 300 g/mol. The Morgan fingerprint density at radius 3 is 2.57 bits per heavy atom. The van der Waals surface area contributed by atoms with Crippen LogP contribution in [0.15, 0.2) is 18.3 Å². The van der Waals surface area contributed by atoms with Gasteiger partial charge < -0.3 is 10.6 Å². The summed E-state index contributed by atoms with van der Waals surface area (Å²) in [5.74, 6) is -4.82. The fraction of sp³-hybridized carbons (Fsp3) is 0.231. The summed E-state index contributed by atoms with van der Waals surface area (Å²) in [6, 6.07) is 1.10. The number of halogens is 4. The van der Waals surface area contributed by atoms with Crippen LogP contribution < -0.4 is 10.6 Å². The van der Waals surface area contributed by atoms with Crippen molar-refractivity contribution < 1.29 is 17.6 Å². The van der Waals surface area contributed by atoms with Gasteiger partial charge in [-0.25, -0.2) is 22.5 Å². The largest absolute Gasteiger partial charge is 0.354 e. The highest BCUT2D eigenvalue weighted by Crippen LogP contribution is 2.24. The first-order chi connectivity index (χ1) is 10.0. The Hall–Kier alpha value is -2.38. The smallest absolute Gasteiger partial charge is 0.224 e. The second-order valence-corrected chi connectivity index (χ2v) is 4.19. The van der Waals surface area contributed by atoms with Gasteiger partial charge in [-0.3, -0.25) is 0 Å². The zero-order valence-electron chi connectivity index (χ0n) is 11.1. The molecule has 21 heavy (non-hydrogen) atoms. The highest BCUT2D eigenvalue weighted by Gasteiger charge is 2.14. The van der Waals surface area contributed by atoms with E-state index >= 15 is 0 Å². The monoisotopic (exact) mass is 300 g/mol. The van der Waals surface area contributed by atoms with E-state index in [-0.39, 0.29) is 11.8 Å². The molecule has 0 atom stereocenters. The highest BCUT2D eigenvalue weighted by molar-refractivity contribution is 5.58. The summed E-state index contributed by atoms with van der Waals surface area (Å²) in [6.07, 6.45) is 1.67. The third kappa shape index (κ3) is 3.59. The maximum absolute atomic E-state index is 13.6. The average Bonchev–Trinajstić information content (AvgIpc) is 2.45. The maximum atomic E-state index is 13.6. The molecule has 2 N–H and O–H groups in total. The molecule has 2 rings (SSSR count). The van der Waals surface area contributed by atoms with E-state index in [0.29, 0.717) is 18.7 Å². The summed E-state index contributed by atoms with van der Waals surface area (Å²) in [7, 11) is 0. The Balaban J connectivity index is 2.30. The van der Waals surface area contributed by atoms with Gasteiger partial charge in [0.2, 0.25) is 5.95 Å². The third-order valence-electron chi connectivity index (χ3n) is 2.52. The van der Waals surface area contributed by atoms with Gasteiger partial charge in [-0.1, -0.05) is 6.92 Å². The first-order valence-corrected chi connectivity index (χ1v) is 6.19. The van der Waals surface area contributed by atoms with E-state index in [1.165, 1.54) is 0 Å². The molecule has 112 valence electrons. The molecular weight excluding hydrogens is 288 g/mol. The molecule has 4 nitrogen and oxygen atoms in total. The lowest BCUT2D eigenvalue weighted by molar-refractivity contribution is 0.498. The minimum absolute atomic E-state index is 0.123. The van der Waals surface area contributed by atoms with Gasteiger partial charge in [0.25, 0.3) is 0 Å². The van der Waals surface area contributed by atoms with Crippen LogP contribution >= 0.6 is 0 Å². The predicted octanol–water partition coefficient (Wildman–Crippen LogP) is 3.60. The summed E-state index contributed by atoms with van der Waals surface area (Å²) < 4.78 is 53.3. The van der Waals surface area contributed by atoms with Crippen LogP contribution in [0.25, 0.3) is 0 Å². The molecule has 0 saturated carbocycles. The van der Waals surface area contributed by atoms with Crippen LogP contribution in [0.1, 0.15) is 13.3 Å². The zero-order valence-corrected chi connectivity index (χ0v) is 11.1. The molecular formula is C13H12F4N4. The minimum Gasteiger partial charge on any atom is -0.354 e. The first-order valence-electron chi connectivity index (χ1n) is 6.19. The molecule has 1 heterocycles. The van der Waals surface area contributed by atoms with E-state index in [9.17, 15) is 17.6 Å². The van der Waals surface area contributed by atoms with Crippen molar-refractivity contribution >= 4 is 17.5 Å². The van der Waals surface area contributed by atoms with E-state index in [4.69, 9.17) is 0 Å². The first kappa shape index (κ1) is 15.0. The van der Waals surface area contributed by atoms with Crippen molar-refractivity contribution in [2.45, 2.75) is 13.3 Å². The fourth-order valence-corrected chi connectivity index (χ4v) is 1.55. The van der Waals surface area contributed by atoms with Crippen molar-refractivity contribution in [3.05, 3.63) is 41.6 Å². The summed E-state index contributed by atoms with van der Waals surface area (Å²) in [5, 5.41) is 5.03. The maximum Gasteiger partial charge on any atom is 0.224 e. The lowest BCUT2D eigenvalue weighted by atomic mass is 10.3. The second-order valence-electron chi connectivity index (χ2n) is 4.19. The molecule has 0 amide bonds. The van der Waals surface area contributed by atoms with Gasteiger partial charge in [0.05, 0.1) is 11.9 Å². The third-order valence-corrected chi connectivity index (χ3v) is 2.52. The Morgan fingerprint density at radius 2 is 1.86 bits per heavy atom. The van der Waals surface area contributed by atoms with Gasteiger partial charge in [0, 0.05) is 18.7 Å². The van der Waals surface area contributed by atoms with Gasteiger partial charge >= 0.3 is 0 Å². The molecule has 0 aliphatic heterocycles. The van der Waals surface area contributed by atoms with Crippen molar-refractivity contribution in [1.82, 2.24) is 9.97 Å². The summed E-state index contributed by atoms with van der Waals surface area (Å²) in [6.45, 7) is 2.48. The van der Waals surface area contributed by atoms with Gasteiger partial charge in [-0.05, 0) is 6.42 Å². The number of anilines is 3. The van der Waals surface area contributed by atoms with E-state index in [1.807, 2.05) is 6.92 Å². The molecule has 0 radical (unpaired) electrons. The van der Waals surface area contributed by atoms with Crippen LogP contribution in [0.4, 0.5) is 35.0 Å². The molecule has 0 bridgehead atoms. The summed E-state index contributed by atoms with van der Waals surface area (Å²) in [5.41, 5.74) is -0.549. The van der Waals surface area contributed by atoms with E-state index in [0.717, 1.165) is 12.6 Å². The molecule has 0 saturated heterocycles. The van der Waals surface area contributed by atoms with Crippen LogP contribution in [-0.2, 0) is 0 Å². The van der Waals surface area contributed by atoms with Crippen LogP contribution in [0.2, 0.25) is 0 Å². The number of hydrogen-bond acceptors (Lipinski definition) is 4. The van der Waals surface area contributed by atoms with Crippen molar-refractivity contribution in [3.63, 3.8) is 0 Å². The summed E-state index contributed by atoms with van der Waals surface area (Å²) >= 11 is 0. The quantitative estimate of drug-likeness (QED) is 0.654. The number of nitrogens with one attached hydrogen (secondary N) is 2. The molecule has 0 fully saturated rings. The highest BCUT2D eigenvalue weighted by atomic mass is 19.2. The van der Waals surface area contributed by atoms with Gasteiger partial charge in [0.15, 0.2) is 23.3 Å². The van der Waals surface area contributed by atoms with E-state index in [2.05, 4.69) is 20.6 Å². The van der Waals surface area contributed by atoms with Crippen molar-refractivity contribution in [2.75, 3.05) is 17.2 Å². The molecule has 0 spiro atoms. The van der Waals surface area contributed by atoms with Gasteiger partial charge in [-0.15, -0.1) is 0 Å². The molecule has 1 aromatic heterocycles. The molecule has 0 aliphatic carbocycles. The van der Waals surface area contributed by atoms with E-state index in [1.54, 1.807) is 0 Å². The number of nitrogens with zero attached hydrogens (tertiary/aromatic N) is 2. The molecule has 2 aromatic rings. The van der Waals surface area contributed by atoms with Gasteiger partial charge in [0.1, 0.15) is 5.82 Å². The number of hydrogen-bond donors (Lipinski definition) is 2. The lowest BCUT2D eigenvalue weighted by Crippen LogP contribution is -2.08. The number of rotatable bonds is 5. The summed E-state index contributed by atoms with van der Waals surface area (Å²) in [4.78, 5) is 7.48. The van der Waals surface area contributed by atoms with E-state index < -0.39 is 29.0 Å². The minimum atomic E-state index is -1.38. The van der Waals surface area contributed by atoms with Crippen LogP contribution in [0.5, 0.6) is 0 Å². The number of benzene rings is 1. The normalized spacial score (nSPS) is 10.5. The Labute approximate surface area is 118 Å². The molecule has 8 heteroatoms. The van der Waals surface area contributed by atoms with Crippen molar-refractivity contribution in [1.29, 1.82) is 0 Å². The predicted molar refractivity (Wildman–Crippen MR) is 70.4 cm³/mol. The number of aromatic nitrogens is 2.